The zero-order valence-electron chi connectivity index (χ0n) is 12.5. The largest absolute Gasteiger partial charge is 0.416 e. The van der Waals surface area contributed by atoms with E-state index in [0.717, 1.165) is 39.8 Å². The Morgan fingerprint density at radius 2 is 1.74 bits per heavy atom. The third kappa shape index (κ3) is 3.13. The van der Waals surface area contributed by atoms with Crippen molar-refractivity contribution in [2.24, 2.45) is 0 Å². The Balaban J connectivity index is 1.96. The molecule has 118 valence electrons. The Morgan fingerprint density at radius 3 is 2.39 bits per heavy atom. The molecule has 0 spiro atoms. The van der Waals surface area contributed by atoms with Gasteiger partial charge in [0, 0.05) is 24.3 Å². The van der Waals surface area contributed by atoms with Gasteiger partial charge in [0.15, 0.2) is 0 Å². The van der Waals surface area contributed by atoms with Gasteiger partial charge in [-0.25, -0.2) is 0 Å². The summed E-state index contributed by atoms with van der Waals surface area (Å²) in [7, 11) is 1.84. The van der Waals surface area contributed by atoms with Crippen LogP contribution in [0.2, 0.25) is 0 Å². The predicted octanol–water partition coefficient (Wildman–Crippen LogP) is 4.89. The number of aromatic nitrogens is 1. The normalized spacial score (nSPS) is 11.7. The van der Waals surface area contributed by atoms with Crippen LogP contribution in [-0.2, 0) is 12.6 Å². The molecule has 2 nitrogen and oxygen atoms in total. The van der Waals surface area contributed by atoms with Crippen molar-refractivity contribution in [2.45, 2.75) is 12.6 Å². The van der Waals surface area contributed by atoms with Gasteiger partial charge in [0.1, 0.15) is 0 Å². The van der Waals surface area contributed by atoms with Crippen molar-refractivity contribution in [1.29, 1.82) is 0 Å². The third-order valence-corrected chi connectivity index (χ3v) is 3.80. The summed E-state index contributed by atoms with van der Waals surface area (Å²) in [5.74, 6) is 0. The lowest BCUT2D eigenvalue weighted by molar-refractivity contribution is -0.137. The highest BCUT2D eigenvalue weighted by Gasteiger charge is 2.29. The van der Waals surface area contributed by atoms with Gasteiger partial charge in [-0.2, -0.15) is 13.2 Å². The molecule has 0 unspecified atom stereocenters. The minimum Gasteiger partial charge on any atom is -0.388 e. The topological polar surface area (TPSA) is 24.9 Å². The van der Waals surface area contributed by atoms with Crippen LogP contribution >= 0.6 is 0 Å². The average Bonchev–Trinajstić information content (AvgIpc) is 2.55. The molecule has 1 N–H and O–H groups in total. The first kappa shape index (κ1) is 15.3. The molecule has 0 atom stereocenters. The SMILES string of the molecule is CNc1ccc(Cc2ccc(C(F)(F)F)cc2)c2ncccc12. The van der Waals surface area contributed by atoms with Gasteiger partial charge in [-0.3, -0.25) is 4.98 Å². The summed E-state index contributed by atoms with van der Waals surface area (Å²) in [5.41, 5.74) is 3.01. The summed E-state index contributed by atoms with van der Waals surface area (Å²) >= 11 is 0. The van der Waals surface area contributed by atoms with Gasteiger partial charge in [0.25, 0.3) is 0 Å². The maximum absolute atomic E-state index is 12.6. The maximum Gasteiger partial charge on any atom is 0.416 e. The molecule has 0 aliphatic carbocycles. The van der Waals surface area contributed by atoms with Gasteiger partial charge >= 0.3 is 6.18 Å². The summed E-state index contributed by atoms with van der Waals surface area (Å²) < 4.78 is 37.9. The molecule has 2 aromatic carbocycles. The zero-order valence-corrected chi connectivity index (χ0v) is 12.5. The lowest BCUT2D eigenvalue weighted by Gasteiger charge is -2.11. The van der Waals surface area contributed by atoms with Crippen LogP contribution in [0.25, 0.3) is 10.9 Å². The molecule has 3 rings (SSSR count). The van der Waals surface area contributed by atoms with E-state index in [1.807, 2.05) is 31.3 Å². The molecule has 23 heavy (non-hydrogen) atoms. The summed E-state index contributed by atoms with van der Waals surface area (Å²) in [4.78, 5) is 4.42. The highest BCUT2D eigenvalue weighted by molar-refractivity contribution is 5.93. The monoisotopic (exact) mass is 316 g/mol. The molecule has 0 amide bonds. The molecule has 5 heteroatoms. The number of hydrogen-bond acceptors (Lipinski definition) is 2. The molecule has 0 saturated heterocycles. The van der Waals surface area contributed by atoms with Crippen molar-refractivity contribution >= 4 is 16.6 Å². The summed E-state index contributed by atoms with van der Waals surface area (Å²) in [6.07, 6.45) is -2.05. The fourth-order valence-electron chi connectivity index (χ4n) is 2.62. The molecule has 3 aromatic rings. The Hall–Kier alpha value is -2.56. The molecule has 0 bridgehead atoms. The van der Waals surface area contributed by atoms with E-state index in [2.05, 4.69) is 10.3 Å². The Morgan fingerprint density at radius 1 is 1.00 bits per heavy atom. The van der Waals surface area contributed by atoms with Gasteiger partial charge < -0.3 is 5.32 Å². The quantitative estimate of drug-likeness (QED) is 0.744. The van der Waals surface area contributed by atoms with E-state index in [1.165, 1.54) is 12.1 Å². The number of anilines is 1. The van der Waals surface area contributed by atoms with Crippen LogP contribution in [0.15, 0.2) is 54.7 Å². The minimum absolute atomic E-state index is 0.537. The van der Waals surface area contributed by atoms with Gasteiger partial charge in [-0.05, 0) is 47.9 Å². The van der Waals surface area contributed by atoms with Crippen LogP contribution in [0.4, 0.5) is 18.9 Å². The third-order valence-electron chi connectivity index (χ3n) is 3.80. The highest BCUT2D eigenvalue weighted by atomic mass is 19.4. The van der Waals surface area contributed by atoms with Crippen molar-refractivity contribution in [3.05, 3.63) is 71.4 Å². The van der Waals surface area contributed by atoms with Crippen molar-refractivity contribution in [1.82, 2.24) is 4.98 Å². The standard InChI is InChI=1S/C18H15F3N2/c1-22-16-9-6-13(17-15(16)3-2-10-23-17)11-12-4-7-14(8-5-12)18(19,20)21/h2-10,22H,11H2,1H3. The highest BCUT2D eigenvalue weighted by Crippen LogP contribution is 2.30. The van der Waals surface area contributed by atoms with Crippen LogP contribution in [-0.4, -0.2) is 12.0 Å². The predicted molar refractivity (Wildman–Crippen MR) is 85.5 cm³/mol. The van der Waals surface area contributed by atoms with E-state index >= 15 is 0 Å². The lowest BCUT2D eigenvalue weighted by Crippen LogP contribution is -2.04. The Kier molecular flexibility index (Phi) is 3.94. The van der Waals surface area contributed by atoms with Crippen LogP contribution in [0.5, 0.6) is 0 Å². The van der Waals surface area contributed by atoms with Crippen LogP contribution < -0.4 is 5.32 Å². The van der Waals surface area contributed by atoms with Crippen molar-refractivity contribution in [2.75, 3.05) is 12.4 Å². The lowest BCUT2D eigenvalue weighted by atomic mass is 10.00. The van der Waals surface area contributed by atoms with Crippen molar-refractivity contribution in [3.63, 3.8) is 0 Å². The van der Waals surface area contributed by atoms with Crippen LogP contribution in [0.3, 0.4) is 0 Å². The number of hydrogen-bond donors (Lipinski definition) is 1. The number of alkyl halides is 3. The number of halogens is 3. The van der Waals surface area contributed by atoms with E-state index < -0.39 is 11.7 Å². The van der Waals surface area contributed by atoms with E-state index in [1.54, 1.807) is 6.20 Å². The van der Waals surface area contributed by atoms with Crippen molar-refractivity contribution in [3.8, 4) is 0 Å². The number of fused-ring (bicyclic) bond motifs is 1. The van der Waals surface area contributed by atoms with Crippen molar-refractivity contribution < 1.29 is 13.2 Å². The average molecular weight is 316 g/mol. The summed E-state index contributed by atoms with van der Waals surface area (Å²) in [6, 6.07) is 13.0. The second kappa shape index (κ2) is 5.91. The van der Waals surface area contributed by atoms with Gasteiger partial charge in [0.05, 0.1) is 11.1 Å². The van der Waals surface area contributed by atoms with E-state index in [0.29, 0.717) is 6.42 Å². The van der Waals surface area contributed by atoms with Gasteiger partial charge in [-0.1, -0.05) is 18.2 Å². The number of nitrogens with zero attached hydrogens (tertiary/aromatic N) is 1. The fourth-order valence-corrected chi connectivity index (χ4v) is 2.62. The molecular weight excluding hydrogens is 301 g/mol. The van der Waals surface area contributed by atoms with E-state index in [9.17, 15) is 13.2 Å². The Labute approximate surface area is 132 Å². The summed E-state index contributed by atoms with van der Waals surface area (Å²) in [6.45, 7) is 0. The second-order valence-electron chi connectivity index (χ2n) is 5.29. The number of rotatable bonds is 3. The molecule has 1 aromatic heterocycles. The first-order valence-electron chi connectivity index (χ1n) is 7.19. The molecule has 0 aliphatic heterocycles. The number of benzene rings is 2. The molecule has 0 saturated carbocycles. The summed E-state index contributed by atoms with van der Waals surface area (Å²) in [5, 5.41) is 4.12. The minimum atomic E-state index is -4.30. The second-order valence-corrected chi connectivity index (χ2v) is 5.29. The molecular formula is C18H15F3N2. The number of pyridine rings is 1. The van der Waals surface area contributed by atoms with Gasteiger partial charge in [0.2, 0.25) is 0 Å². The molecule has 0 radical (unpaired) electrons. The molecule has 0 fully saturated rings. The smallest absolute Gasteiger partial charge is 0.388 e. The maximum atomic E-state index is 12.6. The van der Waals surface area contributed by atoms with Crippen LogP contribution in [0.1, 0.15) is 16.7 Å². The van der Waals surface area contributed by atoms with E-state index in [4.69, 9.17) is 0 Å². The Bertz CT molecular complexity index is 824. The van der Waals surface area contributed by atoms with E-state index in [-0.39, 0.29) is 0 Å². The molecule has 1 heterocycles. The fraction of sp³-hybridized carbons (Fsp3) is 0.167. The van der Waals surface area contributed by atoms with Crippen LogP contribution in [0, 0.1) is 0 Å². The molecule has 0 aliphatic rings. The zero-order chi connectivity index (χ0) is 16.4. The van der Waals surface area contributed by atoms with Gasteiger partial charge in [-0.15, -0.1) is 0 Å². The first-order chi connectivity index (χ1) is 11.0. The number of nitrogens with one attached hydrogen (secondary N) is 1. The first-order valence-corrected chi connectivity index (χ1v) is 7.19.